The Morgan fingerprint density at radius 2 is 1.81 bits per heavy atom. The van der Waals surface area contributed by atoms with Crippen LogP contribution < -0.4 is 5.73 Å². The lowest BCUT2D eigenvalue weighted by molar-refractivity contribution is -0.196. The first-order chi connectivity index (χ1) is 9.66. The lowest BCUT2D eigenvalue weighted by Crippen LogP contribution is -2.51. The molecule has 0 aliphatic heterocycles. The number of hydrogen-bond donors (Lipinski definition) is 2. The number of rotatable bonds is 3. The van der Waals surface area contributed by atoms with Gasteiger partial charge in [-0.15, -0.1) is 0 Å². The molecule has 2 aromatic rings. The average Bonchev–Trinajstić information content (AvgIpc) is 2.38. The van der Waals surface area contributed by atoms with Crippen molar-refractivity contribution in [2.24, 2.45) is 5.73 Å². The maximum atomic E-state index is 14.3. The van der Waals surface area contributed by atoms with Gasteiger partial charge in [0.05, 0.1) is 0 Å². The van der Waals surface area contributed by atoms with E-state index in [-0.39, 0.29) is 0 Å². The molecule has 1 atom stereocenters. The van der Waals surface area contributed by atoms with Gasteiger partial charge in [0.1, 0.15) is 17.3 Å². The molecule has 1 unspecified atom stereocenters. The van der Waals surface area contributed by atoms with Crippen molar-refractivity contribution in [3.05, 3.63) is 63.9 Å². The number of pyridine rings is 1. The highest BCUT2D eigenvalue weighted by molar-refractivity contribution is 9.10. The molecule has 112 valence electrons. The third-order valence-electron chi connectivity index (χ3n) is 2.87. The number of nitrogens with two attached hydrogens (primary N) is 1. The smallest absolute Gasteiger partial charge is 0.335 e. The van der Waals surface area contributed by atoms with E-state index < -0.39 is 34.5 Å². The number of alkyl halides is 2. The molecule has 8 heteroatoms. The average molecular weight is 365 g/mol. The molecule has 0 radical (unpaired) electrons. The maximum absolute atomic E-state index is 14.3. The first-order valence-electron chi connectivity index (χ1n) is 5.63. The van der Waals surface area contributed by atoms with Crippen LogP contribution in [0.25, 0.3) is 0 Å². The number of aliphatic hydroxyl groups is 1. The van der Waals surface area contributed by atoms with Gasteiger partial charge in [-0.2, -0.15) is 8.78 Å². The van der Waals surface area contributed by atoms with Crippen molar-refractivity contribution >= 4 is 15.9 Å². The Bertz CT molecular complexity index is 662. The summed E-state index contributed by atoms with van der Waals surface area (Å²) in [7, 11) is 0. The lowest BCUT2D eigenvalue weighted by Gasteiger charge is -2.32. The normalized spacial score (nSPS) is 14.8. The van der Waals surface area contributed by atoms with Crippen LogP contribution in [-0.2, 0) is 11.6 Å². The Labute approximate surface area is 125 Å². The number of nitrogens with zero attached hydrogens (tertiary/aromatic N) is 1. The monoisotopic (exact) mass is 364 g/mol. The van der Waals surface area contributed by atoms with Gasteiger partial charge in [0.25, 0.3) is 0 Å². The van der Waals surface area contributed by atoms with Crippen molar-refractivity contribution in [2.45, 2.75) is 11.6 Å². The van der Waals surface area contributed by atoms with Crippen LogP contribution >= 0.6 is 15.9 Å². The largest absolute Gasteiger partial charge is 0.366 e. The van der Waals surface area contributed by atoms with Crippen LogP contribution in [-0.4, -0.2) is 10.1 Å². The predicted molar refractivity (Wildman–Crippen MR) is 70.3 cm³/mol. The van der Waals surface area contributed by atoms with E-state index in [1.54, 1.807) is 0 Å². The summed E-state index contributed by atoms with van der Waals surface area (Å²) in [6.45, 7) is 0. The quantitative estimate of drug-likeness (QED) is 0.650. The lowest BCUT2D eigenvalue weighted by atomic mass is 9.93. The summed E-state index contributed by atoms with van der Waals surface area (Å²) in [5, 5.41) is 9.92. The van der Waals surface area contributed by atoms with Crippen LogP contribution in [0, 0.1) is 11.6 Å². The van der Waals surface area contributed by atoms with Gasteiger partial charge in [-0.05, 0) is 40.2 Å². The summed E-state index contributed by atoms with van der Waals surface area (Å²) in [5.41, 5.74) is 0.0653. The summed E-state index contributed by atoms with van der Waals surface area (Å²) >= 11 is 3.02. The van der Waals surface area contributed by atoms with E-state index in [0.717, 1.165) is 18.3 Å². The van der Waals surface area contributed by atoms with E-state index in [9.17, 15) is 22.7 Å². The standard InChI is InChI=1S/C13H9BrF4N2O/c14-7-1-4-11(20-6-7)12(17,18)13(19,21)9-3-2-8(15)5-10(9)16/h1-6,21H,19H2. The highest BCUT2D eigenvalue weighted by Gasteiger charge is 2.55. The Balaban J connectivity index is 2.52. The molecule has 1 aromatic heterocycles. The van der Waals surface area contributed by atoms with Crippen LogP contribution in [0.1, 0.15) is 11.3 Å². The molecule has 1 aromatic carbocycles. The van der Waals surface area contributed by atoms with Gasteiger partial charge in [-0.3, -0.25) is 10.7 Å². The first kappa shape index (κ1) is 15.9. The van der Waals surface area contributed by atoms with Crippen molar-refractivity contribution in [1.29, 1.82) is 0 Å². The van der Waals surface area contributed by atoms with Crippen LogP contribution in [0.2, 0.25) is 0 Å². The van der Waals surface area contributed by atoms with Crippen molar-refractivity contribution in [1.82, 2.24) is 4.98 Å². The molecule has 0 aliphatic rings. The van der Waals surface area contributed by atoms with Crippen LogP contribution in [0.5, 0.6) is 0 Å². The number of halogens is 5. The second kappa shape index (κ2) is 5.36. The summed E-state index contributed by atoms with van der Waals surface area (Å²) in [6.07, 6.45) is 1.08. The Morgan fingerprint density at radius 3 is 2.33 bits per heavy atom. The molecule has 0 bridgehead atoms. The zero-order valence-electron chi connectivity index (χ0n) is 10.3. The predicted octanol–water partition coefficient (Wildman–Crippen LogP) is 3.02. The van der Waals surface area contributed by atoms with Crippen LogP contribution in [0.15, 0.2) is 41.0 Å². The van der Waals surface area contributed by atoms with Crippen LogP contribution in [0.3, 0.4) is 0 Å². The molecule has 2 rings (SSSR count). The second-order valence-electron chi connectivity index (χ2n) is 4.33. The minimum atomic E-state index is -4.09. The Kier molecular flexibility index (Phi) is 4.05. The fourth-order valence-electron chi connectivity index (χ4n) is 1.72. The fraction of sp³-hybridized carbons (Fsp3) is 0.154. The highest BCUT2D eigenvalue weighted by atomic mass is 79.9. The molecule has 0 fully saturated rings. The van der Waals surface area contributed by atoms with E-state index in [2.05, 4.69) is 20.9 Å². The highest BCUT2D eigenvalue weighted by Crippen LogP contribution is 2.42. The molecule has 3 nitrogen and oxygen atoms in total. The minimum Gasteiger partial charge on any atom is -0.366 e. The third-order valence-corrected chi connectivity index (χ3v) is 3.34. The van der Waals surface area contributed by atoms with Gasteiger partial charge >= 0.3 is 5.92 Å². The summed E-state index contributed by atoms with van der Waals surface area (Å²) in [4.78, 5) is 3.46. The molecule has 21 heavy (non-hydrogen) atoms. The van der Waals surface area contributed by atoms with Crippen molar-refractivity contribution in [3.8, 4) is 0 Å². The van der Waals surface area contributed by atoms with Gasteiger partial charge in [-0.1, -0.05) is 0 Å². The van der Waals surface area contributed by atoms with E-state index in [1.807, 2.05) is 0 Å². The summed E-state index contributed by atoms with van der Waals surface area (Å²) in [6, 6.07) is 3.95. The molecular weight excluding hydrogens is 356 g/mol. The SMILES string of the molecule is NC(O)(c1ccc(F)cc1F)C(F)(F)c1ccc(Br)cn1. The van der Waals surface area contributed by atoms with E-state index >= 15 is 0 Å². The number of aromatic nitrogens is 1. The molecular formula is C13H9BrF4N2O. The molecule has 0 saturated carbocycles. The zero-order valence-corrected chi connectivity index (χ0v) is 11.9. The maximum Gasteiger partial charge on any atom is 0.335 e. The van der Waals surface area contributed by atoms with Crippen molar-refractivity contribution in [3.63, 3.8) is 0 Å². The number of benzene rings is 1. The summed E-state index contributed by atoms with van der Waals surface area (Å²) < 4.78 is 55.5. The molecule has 0 amide bonds. The molecule has 0 saturated heterocycles. The first-order valence-corrected chi connectivity index (χ1v) is 6.42. The number of hydrogen-bond acceptors (Lipinski definition) is 3. The van der Waals surface area contributed by atoms with Gasteiger partial charge in [0.15, 0.2) is 0 Å². The van der Waals surface area contributed by atoms with E-state index in [1.165, 1.54) is 6.07 Å². The second-order valence-corrected chi connectivity index (χ2v) is 5.24. The topological polar surface area (TPSA) is 59.1 Å². The summed E-state index contributed by atoms with van der Waals surface area (Å²) in [5.74, 6) is -6.44. The molecule has 1 heterocycles. The minimum absolute atomic E-state index is 0.359. The molecule has 3 N–H and O–H groups in total. The van der Waals surface area contributed by atoms with Gasteiger partial charge in [0.2, 0.25) is 5.72 Å². The van der Waals surface area contributed by atoms with Gasteiger partial charge in [0, 0.05) is 22.3 Å². The third kappa shape index (κ3) is 2.78. The molecule has 0 aliphatic carbocycles. The van der Waals surface area contributed by atoms with E-state index in [4.69, 9.17) is 5.73 Å². The van der Waals surface area contributed by atoms with Gasteiger partial charge < -0.3 is 5.11 Å². The van der Waals surface area contributed by atoms with Crippen molar-refractivity contribution < 1.29 is 22.7 Å². The fourth-order valence-corrected chi connectivity index (χ4v) is 1.96. The Hall–Kier alpha value is -1.51. The Morgan fingerprint density at radius 1 is 1.14 bits per heavy atom. The zero-order chi connectivity index (χ0) is 15.8. The molecule has 0 spiro atoms. The van der Waals surface area contributed by atoms with E-state index in [0.29, 0.717) is 16.6 Å². The van der Waals surface area contributed by atoms with Gasteiger partial charge in [-0.25, -0.2) is 8.78 Å². The van der Waals surface area contributed by atoms with Crippen molar-refractivity contribution in [2.75, 3.05) is 0 Å². The van der Waals surface area contributed by atoms with Crippen LogP contribution in [0.4, 0.5) is 17.6 Å².